The van der Waals surface area contributed by atoms with Crippen LogP contribution < -0.4 is 0 Å². The number of rotatable bonds is 2. The van der Waals surface area contributed by atoms with Crippen molar-refractivity contribution in [2.45, 2.75) is 44.8 Å². The molecule has 1 aromatic heterocycles. The average Bonchev–Trinajstić information content (AvgIpc) is 2.86. The van der Waals surface area contributed by atoms with Gasteiger partial charge in [-0.15, -0.1) is 0 Å². The van der Waals surface area contributed by atoms with E-state index in [0.29, 0.717) is 58.9 Å². The largest absolute Gasteiger partial charge is 0.444 e. The molecule has 6 nitrogen and oxygen atoms in total. The van der Waals surface area contributed by atoms with E-state index in [1.165, 1.54) is 0 Å². The third-order valence-corrected chi connectivity index (χ3v) is 6.31. The SMILES string of the molecule is CC(C)(C)OC(=O)N1CCC(C2(O)c3ccc(Cl)cc3C(C=O)=Cc3cccnc32)CC1. The molecule has 2 aliphatic rings. The number of aldehydes is 1. The molecule has 0 saturated carbocycles. The summed E-state index contributed by atoms with van der Waals surface area (Å²) < 4.78 is 5.51. The van der Waals surface area contributed by atoms with E-state index in [1.54, 1.807) is 41.4 Å². The number of likely N-dealkylation sites (tertiary alicyclic amines) is 1. The molecule has 1 unspecified atom stereocenters. The van der Waals surface area contributed by atoms with Crippen LogP contribution in [0.25, 0.3) is 11.6 Å². The van der Waals surface area contributed by atoms with E-state index in [2.05, 4.69) is 4.98 Å². The molecule has 2 aromatic rings. The predicted molar refractivity (Wildman–Crippen MR) is 123 cm³/mol. The van der Waals surface area contributed by atoms with Crippen molar-refractivity contribution in [2.75, 3.05) is 13.1 Å². The molecule has 0 radical (unpaired) electrons. The molecular formula is C25H27ClN2O4. The fraction of sp³-hybridized carbons (Fsp3) is 0.400. The first-order chi connectivity index (χ1) is 15.1. The summed E-state index contributed by atoms with van der Waals surface area (Å²) in [4.78, 5) is 30.7. The molecule has 2 heterocycles. The Bertz CT molecular complexity index is 1080. The van der Waals surface area contributed by atoms with Gasteiger partial charge in [0, 0.05) is 41.4 Å². The van der Waals surface area contributed by atoms with Crippen LogP contribution in [0.1, 0.15) is 56.0 Å². The maximum atomic E-state index is 12.5. The zero-order valence-electron chi connectivity index (χ0n) is 18.5. The van der Waals surface area contributed by atoms with E-state index in [9.17, 15) is 14.7 Å². The minimum Gasteiger partial charge on any atom is -0.444 e. The van der Waals surface area contributed by atoms with Gasteiger partial charge in [-0.1, -0.05) is 23.7 Å². The molecule has 4 rings (SSSR count). The molecular weight excluding hydrogens is 428 g/mol. The Hall–Kier alpha value is -2.70. The molecule has 168 valence electrons. The maximum absolute atomic E-state index is 12.5. The smallest absolute Gasteiger partial charge is 0.410 e. The lowest BCUT2D eigenvalue weighted by Gasteiger charge is -2.42. The van der Waals surface area contributed by atoms with Crippen LogP contribution in [0.4, 0.5) is 4.79 Å². The Labute approximate surface area is 192 Å². The van der Waals surface area contributed by atoms with Crippen molar-refractivity contribution in [3.63, 3.8) is 0 Å². The highest BCUT2D eigenvalue weighted by Gasteiger charge is 2.47. The van der Waals surface area contributed by atoms with Gasteiger partial charge >= 0.3 is 6.09 Å². The van der Waals surface area contributed by atoms with Crippen molar-refractivity contribution in [3.05, 3.63) is 63.9 Å². The van der Waals surface area contributed by atoms with Crippen LogP contribution in [0.2, 0.25) is 5.02 Å². The summed E-state index contributed by atoms with van der Waals surface area (Å²) in [5.41, 5.74) is 0.855. The van der Waals surface area contributed by atoms with Crippen molar-refractivity contribution in [3.8, 4) is 0 Å². The van der Waals surface area contributed by atoms with Crippen molar-refractivity contribution < 1.29 is 19.4 Å². The number of halogens is 1. The highest BCUT2D eigenvalue weighted by Crippen LogP contribution is 2.47. The summed E-state index contributed by atoms with van der Waals surface area (Å²) in [5.74, 6) is -0.214. The monoisotopic (exact) mass is 454 g/mol. The third-order valence-electron chi connectivity index (χ3n) is 6.08. The molecule has 1 aliphatic carbocycles. The fourth-order valence-corrected chi connectivity index (χ4v) is 4.80. The fourth-order valence-electron chi connectivity index (χ4n) is 4.63. The van der Waals surface area contributed by atoms with E-state index in [1.807, 2.05) is 26.8 Å². The van der Waals surface area contributed by atoms with Gasteiger partial charge in [0.15, 0.2) is 6.29 Å². The lowest BCUT2D eigenvalue weighted by Crippen LogP contribution is -2.47. The Morgan fingerprint density at radius 2 is 2.00 bits per heavy atom. The lowest BCUT2D eigenvalue weighted by molar-refractivity contribution is -0.103. The van der Waals surface area contributed by atoms with Gasteiger partial charge in [0.05, 0.1) is 5.69 Å². The van der Waals surface area contributed by atoms with Crippen LogP contribution in [-0.4, -0.2) is 46.1 Å². The molecule has 1 N–H and O–H groups in total. The van der Waals surface area contributed by atoms with Gasteiger partial charge in [-0.3, -0.25) is 9.78 Å². The van der Waals surface area contributed by atoms with Crippen LogP contribution in [0.3, 0.4) is 0 Å². The van der Waals surface area contributed by atoms with Crippen LogP contribution in [0.15, 0.2) is 36.5 Å². The second-order valence-corrected chi connectivity index (χ2v) is 9.79. The minimum atomic E-state index is -1.43. The normalized spacial score (nSPS) is 21.2. The van der Waals surface area contributed by atoms with E-state index in [0.717, 1.165) is 6.29 Å². The maximum Gasteiger partial charge on any atom is 0.410 e. The molecule has 1 amide bonds. The first-order valence-corrected chi connectivity index (χ1v) is 11.1. The van der Waals surface area contributed by atoms with Gasteiger partial charge < -0.3 is 14.7 Å². The number of nitrogens with zero attached hydrogens (tertiary/aromatic N) is 2. The first-order valence-electron chi connectivity index (χ1n) is 10.8. The number of carbonyl (C=O) groups is 2. The molecule has 32 heavy (non-hydrogen) atoms. The summed E-state index contributed by atoms with van der Waals surface area (Å²) >= 11 is 6.25. The molecule has 1 atom stereocenters. The highest BCUT2D eigenvalue weighted by molar-refractivity contribution is 6.31. The van der Waals surface area contributed by atoms with E-state index in [4.69, 9.17) is 16.3 Å². The van der Waals surface area contributed by atoms with Crippen LogP contribution in [0, 0.1) is 5.92 Å². The number of benzene rings is 1. The average molecular weight is 455 g/mol. The van der Waals surface area contributed by atoms with Crippen molar-refractivity contribution in [2.24, 2.45) is 5.92 Å². The van der Waals surface area contributed by atoms with E-state index >= 15 is 0 Å². The summed E-state index contributed by atoms with van der Waals surface area (Å²) in [7, 11) is 0. The molecule has 1 aromatic carbocycles. The lowest BCUT2D eigenvalue weighted by atomic mass is 9.72. The Morgan fingerprint density at radius 3 is 2.66 bits per heavy atom. The van der Waals surface area contributed by atoms with E-state index in [-0.39, 0.29) is 12.0 Å². The van der Waals surface area contributed by atoms with Gasteiger partial charge in [-0.25, -0.2) is 4.79 Å². The van der Waals surface area contributed by atoms with Gasteiger partial charge in [0.25, 0.3) is 0 Å². The summed E-state index contributed by atoms with van der Waals surface area (Å²) in [6.07, 6.45) is 4.95. The van der Waals surface area contributed by atoms with Crippen molar-refractivity contribution >= 4 is 35.6 Å². The van der Waals surface area contributed by atoms with Gasteiger partial charge in [-0.2, -0.15) is 0 Å². The van der Waals surface area contributed by atoms with Crippen molar-refractivity contribution in [1.29, 1.82) is 0 Å². The number of allylic oxidation sites excluding steroid dienone is 1. The summed E-state index contributed by atoms with van der Waals surface area (Å²) in [5, 5.41) is 12.8. The van der Waals surface area contributed by atoms with Gasteiger partial charge in [0.1, 0.15) is 11.2 Å². The number of hydrogen-bond donors (Lipinski definition) is 1. The quantitative estimate of drug-likeness (QED) is 0.667. The number of carbonyl (C=O) groups excluding carboxylic acids is 2. The number of amides is 1. The summed E-state index contributed by atoms with van der Waals surface area (Å²) in [6, 6.07) is 8.84. The number of piperidine rings is 1. The second-order valence-electron chi connectivity index (χ2n) is 9.36. The number of aromatic nitrogens is 1. The molecule has 1 saturated heterocycles. The zero-order chi connectivity index (χ0) is 23.1. The highest BCUT2D eigenvalue weighted by atomic mass is 35.5. The molecule has 0 bridgehead atoms. The van der Waals surface area contributed by atoms with Gasteiger partial charge in [0.2, 0.25) is 0 Å². The molecule has 0 spiro atoms. The standard InChI is InChI=1S/C25H27ClN2O4/c1-24(2,3)32-23(30)28-11-8-18(9-12-28)25(31)21-7-6-19(26)14-20(21)17(15-29)13-16-5-4-10-27-22(16)25/h4-7,10,13-15,18,31H,8-9,11-12H2,1-3H3. The van der Waals surface area contributed by atoms with Crippen LogP contribution in [0.5, 0.6) is 0 Å². The minimum absolute atomic E-state index is 0.214. The number of hydrogen-bond acceptors (Lipinski definition) is 5. The summed E-state index contributed by atoms with van der Waals surface area (Å²) in [6.45, 7) is 6.44. The third kappa shape index (κ3) is 4.05. The Kier molecular flexibility index (Phi) is 5.86. The number of fused-ring (bicyclic) bond motifs is 2. The van der Waals surface area contributed by atoms with Crippen LogP contribution in [-0.2, 0) is 15.1 Å². The predicted octanol–water partition coefficient (Wildman–Crippen LogP) is 4.67. The van der Waals surface area contributed by atoms with Crippen LogP contribution >= 0.6 is 11.6 Å². The molecule has 7 heteroatoms. The zero-order valence-corrected chi connectivity index (χ0v) is 19.2. The number of ether oxygens (including phenoxy) is 1. The Balaban J connectivity index is 1.74. The first kappa shape index (κ1) is 22.5. The topological polar surface area (TPSA) is 79.7 Å². The second kappa shape index (κ2) is 8.34. The molecule has 1 fully saturated rings. The van der Waals surface area contributed by atoms with Gasteiger partial charge in [-0.05, 0) is 69.0 Å². The number of pyridine rings is 1. The number of aliphatic hydroxyl groups is 1. The van der Waals surface area contributed by atoms with E-state index < -0.39 is 11.2 Å². The Morgan fingerprint density at radius 1 is 1.28 bits per heavy atom. The molecule has 1 aliphatic heterocycles. The van der Waals surface area contributed by atoms with Crippen molar-refractivity contribution in [1.82, 2.24) is 9.88 Å².